The van der Waals surface area contributed by atoms with Crippen LogP contribution in [0.5, 0.6) is 11.5 Å². The topological polar surface area (TPSA) is 89.0 Å². The molecule has 1 amide bonds. The number of ether oxygens (including phenoxy) is 1. The summed E-state index contributed by atoms with van der Waals surface area (Å²) in [4.78, 5) is 16.5. The van der Waals surface area contributed by atoms with E-state index in [4.69, 9.17) is 4.74 Å². The molecule has 8 heteroatoms. The van der Waals surface area contributed by atoms with Gasteiger partial charge in [-0.15, -0.1) is 10.2 Å². The Morgan fingerprint density at radius 1 is 1.10 bits per heavy atom. The number of aromatic nitrogens is 3. The molecule has 2 heterocycles. The van der Waals surface area contributed by atoms with Gasteiger partial charge in [0.2, 0.25) is 5.13 Å². The Morgan fingerprint density at radius 3 is 2.77 bits per heavy atom. The van der Waals surface area contributed by atoms with E-state index >= 15 is 0 Å². The lowest BCUT2D eigenvalue weighted by atomic mass is 10.2. The van der Waals surface area contributed by atoms with Crippen LogP contribution in [0.2, 0.25) is 0 Å². The minimum atomic E-state index is -0.275. The van der Waals surface area contributed by atoms with Crippen molar-refractivity contribution in [1.29, 1.82) is 0 Å². The minimum absolute atomic E-state index is 0.275. The first-order chi connectivity index (χ1) is 14.7. The van der Waals surface area contributed by atoms with Crippen LogP contribution in [0.4, 0.5) is 10.9 Å². The molecule has 0 aliphatic heterocycles. The van der Waals surface area contributed by atoms with Crippen LogP contribution in [0.25, 0.3) is 0 Å². The molecule has 0 saturated carbocycles. The Kier molecular flexibility index (Phi) is 5.95. The number of carbonyl (C=O) groups is 1. The third kappa shape index (κ3) is 4.98. The smallest absolute Gasteiger partial charge is 0.259 e. The zero-order valence-corrected chi connectivity index (χ0v) is 17.0. The highest BCUT2D eigenvalue weighted by molar-refractivity contribution is 7.13. The van der Waals surface area contributed by atoms with Gasteiger partial charge in [0.1, 0.15) is 22.8 Å². The predicted octanol–water partition coefficient (Wildman–Crippen LogP) is 4.90. The highest BCUT2D eigenvalue weighted by atomic mass is 32.1. The van der Waals surface area contributed by atoms with Gasteiger partial charge in [-0.2, -0.15) is 0 Å². The average Bonchev–Trinajstić information content (AvgIpc) is 3.26. The number of anilines is 2. The third-order valence-corrected chi connectivity index (χ3v) is 4.86. The molecule has 7 nitrogen and oxygen atoms in total. The summed E-state index contributed by atoms with van der Waals surface area (Å²) in [5.74, 6) is 1.96. The molecule has 4 rings (SSSR count). The number of aryl methyl sites for hydroxylation is 1. The zero-order valence-electron chi connectivity index (χ0n) is 16.2. The maximum absolute atomic E-state index is 12.2. The molecule has 0 aliphatic rings. The highest BCUT2D eigenvalue weighted by Gasteiger charge is 2.09. The molecule has 2 N–H and O–H groups in total. The van der Waals surface area contributed by atoms with Gasteiger partial charge in [-0.25, -0.2) is 4.98 Å². The lowest BCUT2D eigenvalue weighted by molar-refractivity contribution is 0.102. The molecule has 0 aliphatic carbocycles. The minimum Gasteiger partial charge on any atom is -0.457 e. The second-order valence-corrected chi connectivity index (χ2v) is 7.34. The Balaban J connectivity index is 1.39. The summed E-state index contributed by atoms with van der Waals surface area (Å²) in [7, 11) is 0. The van der Waals surface area contributed by atoms with E-state index < -0.39 is 0 Å². The van der Waals surface area contributed by atoms with E-state index in [9.17, 15) is 4.79 Å². The molecule has 0 atom stereocenters. The van der Waals surface area contributed by atoms with Gasteiger partial charge in [-0.05, 0) is 42.8 Å². The third-order valence-electron chi connectivity index (χ3n) is 4.26. The Hall–Kier alpha value is -3.78. The van der Waals surface area contributed by atoms with Gasteiger partial charge in [0, 0.05) is 18.3 Å². The van der Waals surface area contributed by atoms with E-state index in [1.54, 1.807) is 17.6 Å². The van der Waals surface area contributed by atoms with Crippen LogP contribution in [0.1, 0.15) is 21.5 Å². The summed E-state index contributed by atoms with van der Waals surface area (Å²) in [6.07, 6.45) is 1.52. The van der Waals surface area contributed by atoms with Crippen molar-refractivity contribution in [3.8, 4) is 11.5 Å². The van der Waals surface area contributed by atoms with E-state index in [1.807, 2.05) is 55.5 Å². The molecule has 2 aromatic carbocycles. The number of pyridine rings is 1. The van der Waals surface area contributed by atoms with Crippen molar-refractivity contribution in [2.24, 2.45) is 0 Å². The van der Waals surface area contributed by atoms with Crippen LogP contribution in [0.3, 0.4) is 0 Å². The molecule has 0 saturated heterocycles. The predicted molar refractivity (Wildman–Crippen MR) is 117 cm³/mol. The standard InChI is InChI=1S/C22H19N5O2S/c1-15-5-4-7-18(11-15)29-19-8-3-2-6-16(19)12-23-20-10-9-17(13-24-20)21(28)26-22-27-25-14-30-22/h2-11,13-14H,12H2,1H3,(H,23,24)(H,26,27,28). The van der Waals surface area contributed by atoms with Crippen LogP contribution in [-0.2, 0) is 6.54 Å². The molecule has 4 aromatic rings. The molecule has 2 aromatic heterocycles. The first-order valence-electron chi connectivity index (χ1n) is 9.27. The molecule has 0 unspecified atom stereocenters. The average molecular weight is 417 g/mol. The number of hydrogen-bond acceptors (Lipinski definition) is 7. The fourth-order valence-electron chi connectivity index (χ4n) is 2.77. The maximum atomic E-state index is 12.2. The molecule has 0 spiro atoms. The molecular formula is C22H19N5O2S. The van der Waals surface area contributed by atoms with Crippen molar-refractivity contribution in [3.63, 3.8) is 0 Å². The van der Waals surface area contributed by atoms with Gasteiger partial charge in [-0.3, -0.25) is 10.1 Å². The van der Waals surface area contributed by atoms with Crippen molar-refractivity contribution < 1.29 is 9.53 Å². The highest BCUT2D eigenvalue weighted by Crippen LogP contribution is 2.26. The second-order valence-electron chi connectivity index (χ2n) is 6.51. The van der Waals surface area contributed by atoms with Gasteiger partial charge >= 0.3 is 0 Å². The van der Waals surface area contributed by atoms with Gasteiger partial charge in [0.05, 0.1) is 5.56 Å². The number of benzene rings is 2. The van der Waals surface area contributed by atoms with Crippen molar-refractivity contribution >= 4 is 28.2 Å². The lowest BCUT2D eigenvalue weighted by Crippen LogP contribution is -2.12. The largest absolute Gasteiger partial charge is 0.457 e. The van der Waals surface area contributed by atoms with Crippen molar-refractivity contribution in [3.05, 3.63) is 89.1 Å². The fraction of sp³-hybridized carbons (Fsp3) is 0.0909. The number of rotatable bonds is 7. The number of nitrogens with zero attached hydrogens (tertiary/aromatic N) is 3. The molecule has 150 valence electrons. The van der Waals surface area contributed by atoms with Crippen molar-refractivity contribution in [1.82, 2.24) is 15.2 Å². The molecule has 0 fully saturated rings. The summed E-state index contributed by atoms with van der Waals surface area (Å²) in [5, 5.41) is 13.9. The normalized spacial score (nSPS) is 10.4. The summed E-state index contributed by atoms with van der Waals surface area (Å²) in [5.41, 5.74) is 4.14. The molecule has 30 heavy (non-hydrogen) atoms. The van der Waals surface area contributed by atoms with Gasteiger partial charge < -0.3 is 10.1 Å². The van der Waals surface area contributed by atoms with Gasteiger partial charge in [0.15, 0.2) is 0 Å². The summed E-state index contributed by atoms with van der Waals surface area (Å²) in [6.45, 7) is 2.56. The van der Waals surface area contributed by atoms with Crippen LogP contribution >= 0.6 is 11.3 Å². The number of hydrogen-bond donors (Lipinski definition) is 2. The van der Waals surface area contributed by atoms with Crippen LogP contribution in [0.15, 0.2) is 72.4 Å². The SMILES string of the molecule is Cc1cccc(Oc2ccccc2CNc2ccc(C(=O)Nc3nncs3)cn2)c1. The molecule has 0 radical (unpaired) electrons. The Morgan fingerprint density at radius 2 is 2.00 bits per heavy atom. The number of amides is 1. The first kappa shape index (κ1) is 19.5. The Bertz CT molecular complexity index is 1130. The number of para-hydroxylation sites is 1. The van der Waals surface area contributed by atoms with Crippen molar-refractivity contribution in [2.75, 3.05) is 10.6 Å². The number of carbonyl (C=O) groups excluding carboxylic acids is 1. The monoisotopic (exact) mass is 417 g/mol. The van der Waals surface area contributed by atoms with Gasteiger partial charge in [-0.1, -0.05) is 41.7 Å². The number of nitrogens with one attached hydrogen (secondary N) is 2. The van der Waals surface area contributed by atoms with Crippen LogP contribution in [0, 0.1) is 6.92 Å². The fourth-order valence-corrected chi connectivity index (χ4v) is 3.21. The second kappa shape index (κ2) is 9.15. The zero-order chi connectivity index (χ0) is 20.8. The maximum Gasteiger partial charge on any atom is 0.259 e. The van der Waals surface area contributed by atoms with Crippen LogP contribution in [-0.4, -0.2) is 21.1 Å². The summed E-state index contributed by atoms with van der Waals surface area (Å²) >= 11 is 1.26. The lowest BCUT2D eigenvalue weighted by Gasteiger charge is -2.13. The van der Waals surface area contributed by atoms with Gasteiger partial charge in [0.25, 0.3) is 5.91 Å². The van der Waals surface area contributed by atoms with E-state index in [-0.39, 0.29) is 5.91 Å². The van der Waals surface area contributed by atoms with Crippen LogP contribution < -0.4 is 15.4 Å². The quantitative estimate of drug-likeness (QED) is 0.445. The Labute approximate surface area is 177 Å². The molecule has 0 bridgehead atoms. The van der Waals surface area contributed by atoms with E-state index in [0.29, 0.717) is 23.1 Å². The summed E-state index contributed by atoms with van der Waals surface area (Å²) < 4.78 is 6.06. The first-order valence-corrected chi connectivity index (χ1v) is 10.2. The van der Waals surface area contributed by atoms with E-state index in [1.165, 1.54) is 17.5 Å². The molecular weight excluding hydrogens is 398 g/mol. The van der Waals surface area contributed by atoms with E-state index in [0.717, 1.165) is 22.6 Å². The van der Waals surface area contributed by atoms with Crippen molar-refractivity contribution in [2.45, 2.75) is 13.5 Å². The summed E-state index contributed by atoms with van der Waals surface area (Å²) in [6, 6.07) is 19.3. The van der Waals surface area contributed by atoms with E-state index in [2.05, 4.69) is 25.8 Å².